The summed E-state index contributed by atoms with van der Waals surface area (Å²) < 4.78 is 13.7. The average molecular weight is 449 g/mol. The Labute approximate surface area is 186 Å². The van der Waals surface area contributed by atoms with Gasteiger partial charge in [0.2, 0.25) is 0 Å². The molecule has 0 saturated heterocycles. The van der Waals surface area contributed by atoms with Crippen molar-refractivity contribution < 1.29 is 9.47 Å². The summed E-state index contributed by atoms with van der Waals surface area (Å²) in [5.41, 5.74) is 3.38. The second-order valence-electron chi connectivity index (χ2n) is 6.96. The first kappa shape index (κ1) is 19.6. The Bertz CT molecular complexity index is 1520. The van der Waals surface area contributed by atoms with Gasteiger partial charge in [-0.3, -0.25) is 4.79 Å². The molecule has 5 rings (SSSR count). The molecule has 0 atom stereocenters. The molecule has 0 aliphatic heterocycles. The Kier molecular flexibility index (Phi) is 5.10. The molecule has 3 aromatic carbocycles. The quantitative estimate of drug-likeness (QED) is 0.391. The normalized spacial score (nSPS) is 12.0. The second kappa shape index (κ2) is 8.06. The van der Waals surface area contributed by atoms with Crippen molar-refractivity contribution in [2.24, 2.45) is 0 Å². The first-order valence-electron chi connectivity index (χ1n) is 9.59. The number of thiazole rings is 1. The zero-order valence-electron chi connectivity index (χ0n) is 16.5. The number of hydrogen-bond donors (Lipinski definition) is 0. The van der Waals surface area contributed by atoms with Crippen LogP contribution in [0.2, 0.25) is 5.02 Å². The minimum Gasteiger partial charge on any atom is -0.493 e. The number of benzene rings is 3. The molecule has 0 N–H and O–H groups in total. The fraction of sp³-hybridized carbons (Fsp3) is 0.0833. The molecule has 0 aliphatic carbocycles. The smallest absolute Gasteiger partial charge is 0.274 e. The number of nitrogens with zero attached hydrogens (tertiary/aromatic N) is 2. The summed E-state index contributed by atoms with van der Waals surface area (Å²) in [7, 11) is 1.59. The maximum absolute atomic E-state index is 13.0. The zero-order chi connectivity index (χ0) is 21.4. The fourth-order valence-electron chi connectivity index (χ4n) is 3.44. The Morgan fingerprint density at radius 2 is 1.94 bits per heavy atom. The summed E-state index contributed by atoms with van der Waals surface area (Å²) in [5.74, 6) is 1.21. The first-order chi connectivity index (χ1) is 15.1. The standard InChI is InChI=1S/C24H17ClN2O3S/c1-29-21-12-15(9-10-20(21)30-14-16-5-4-6-17(25)11-16)13-22-23(28)27-19-8-3-2-7-18(19)26-24(27)31-22/h2-13H,14H2,1H3/b22-13-. The lowest BCUT2D eigenvalue weighted by atomic mass is 10.2. The molecule has 2 heterocycles. The number of aromatic nitrogens is 2. The summed E-state index contributed by atoms with van der Waals surface area (Å²) in [6.45, 7) is 0.375. The van der Waals surface area contributed by atoms with Gasteiger partial charge in [0.1, 0.15) is 6.61 Å². The number of methoxy groups -OCH3 is 1. The van der Waals surface area contributed by atoms with E-state index < -0.39 is 0 Å². The number of fused-ring (bicyclic) bond motifs is 3. The van der Waals surface area contributed by atoms with Gasteiger partial charge in [0.05, 0.1) is 22.7 Å². The molecule has 0 saturated carbocycles. The van der Waals surface area contributed by atoms with Crippen LogP contribution in [-0.4, -0.2) is 16.5 Å². The Morgan fingerprint density at radius 3 is 2.77 bits per heavy atom. The van der Waals surface area contributed by atoms with Gasteiger partial charge in [-0.2, -0.15) is 0 Å². The van der Waals surface area contributed by atoms with Crippen molar-refractivity contribution in [2.45, 2.75) is 6.61 Å². The molecule has 7 heteroatoms. The molecule has 0 amide bonds. The van der Waals surface area contributed by atoms with Crippen molar-refractivity contribution in [3.8, 4) is 11.5 Å². The van der Waals surface area contributed by atoms with Crippen molar-refractivity contribution in [3.05, 3.63) is 97.8 Å². The number of para-hydroxylation sites is 2. The zero-order valence-corrected chi connectivity index (χ0v) is 18.1. The van der Waals surface area contributed by atoms with Gasteiger partial charge in [-0.1, -0.05) is 53.3 Å². The van der Waals surface area contributed by atoms with Crippen molar-refractivity contribution >= 4 is 45.0 Å². The lowest BCUT2D eigenvalue weighted by molar-refractivity contribution is 0.284. The third kappa shape index (κ3) is 3.76. The molecule has 31 heavy (non-hydrogen) atoms. The van der Waals surface area contributed by atoms with Crippen LogP contribution in [0.25, 0.3) is 22.1 Å². The van der Waals surface area contributed by atoms with E-state index in [2.05, 4.69) is 4.98 Å². The second-order valence-corrected chi connectivity index (χ2v) is 8.41. The van der Waals surface area contributed by atoms with E-state index in [4.69, 9.17) is 21.1 Å². The van der Waals surface area contributed by atoms with Crippen LogP contribution in [0.4, 0.5) is 0 Å². The molecule has 0 spiro atoms. The largest absolute Gasteiger partial charge is 0.493 e. The van der Waals surface area contributed by atoms with Crippen LogP contribution in [0.3, 0.4) is 0 Å². The van der Waals surface area contributed by atoms with E-state index in [9.17, 15) is 4.79 Å². The highest BCUT2D eigenvalue weighted by Gasteiger charge is 2.11. The van der Waals surface area contributed by atoms with Crippen molar-refractivity contribution in [2.75, 3.05) is 7.11 Å². The Hall–Kier alpha value is -3.35. The summed E-state index contributed by atoms with van der Waals surface area (Å²) in [5, 5.41) is 0.668. The van der Waals surface area contributed by atoms with Crippen molar-refractivity contribution in [1.82, 2.24) is 9.38 Å². The van der Waals surface area contributed by atoms with E-state index in [1.54, 1.807) is 11.5 Å². The molecule has 5 aromatic rings. The fourth-order valence-corrected chi connectivity index (χ4v) is 4.64. The van der Waals surface area contributed by atoms with Crippen LogP contribution in [0.5, 0.6) is 11.5 Å². The summed E-state index contributed by atoms with van der Waals surface area (Å²) >= 11 is 7.40. The molecule has 2 aromatic heterocycles. The third-order valence-electron chi connectivity index (χ3n) is 4.91. The highest BCUT2D eigenvalue weighted by atomic mass is 35.5. The van der Waals surface area contributed by atoms with Gasteiger partial charge < -0.3 is 9.47 Å². The van der Waals surface area contributed by atoms with E-state index >= 15 is 0 Å². The van der Waals surface area contributed by atoms with E-state index in [1.165, 1.54) is 11.3 Å². The summed E-state index contributed by atoms with van der Waals surface area (Å²) in [4.78, 5) is 18.2. The monoisotopic (exact) mass is 448 g/mol. The SMILES string of the molecule is COc1cc(/C=c2\sc3nc4ccccc4n3c2=O)ccc1OCc1cccc(Cl)c1. The molecule has 5 nitrogen and oxygen atoms in total. The van der Waals surface area contributed by atoms with E-state index in [0.29, 0.717) is 32.6 Å². The summed E-state index contributed by atoms with van der Waals surface area (Å²) in [6, 6.07) is 20.8. The molecule has 0 fully saturated rings. The van der Waals surface area contributed by atoms with E-state index in [0.717, 1.165) is 22.2 Å². The number of hydrogen-bond acceptors (Lipinski definition) is 5. The Morgan fingerprint density at radius 1 is 1.06 bits per heavy atom. The van der Waals surface area contributed by atoms with Crippen LogP contribution < -0.4 is 19.6 Å². The van der Waals surface area contributed by atoms with Gasteiger partial charge in [0.25, 0.3) is 5.56 Å². The molecule has 0 unspecified atom stereocenters. The molecule has 0 bridgehead atoms. The average Bonchev–Trinajstić information content (AvgIpc) is 3.29. The number of imidazole rings is 1. The molecular formula is C24H17ClN2O3S. The van der Waals surface area contributed by atoms with Gasteiger partial charge in [-0.05, 0) is 53.6 Å². The molecule has 0 aliphatic rings. The van der Waals surface area contributed by atoms with Gasteiger partial charge in [0, 0.05) is 5.02 Å². The van der Waals surface area contributed by atoms with E-state index in [-0.39, 0.29) is 5.56 Å². The molecule has 154 valence electrons. The topological polar surface area (TPSA) is 52.8 Å². The maximum atomic E-state index is 13.0. The lowest BCUT2D eigenvalue weighted by Gasteiger charge is -2.11. The number of halogens is 1. The van der Waals surface area contributed by atoms with Crippen LogP contribution >= 0.6 is 22.9 Å². The first-order valence-corrected chi connectivity index (χ1v) is 10.8. The molecular weight excluding hydrogens is 432 g/mol. The van der Waals surface area contributed by atoms with Crippen LogP contribution in [0.15, 0.2) is 71.5 Å². The highest BCUT2D eigenvalue weighted by Crippen LogP contribution is 2.29. The number of rotatable bonds is 5. The predicted octanol–water partition coefficient (Wildman–Crippen LogP) is 4.70. The maximum Gasteiger partial charge on any atom is 0.274 e. The van der Waals surface area contributed by atoms with Gasteiger partial charge in [-0.25, -0.2) is 9.38 Å². The molecule has 0 radical (unpaired) electrons. The highest BCUT2D eigenvalue weighted by molar-refractivity contribution is 7.15. The van der Waals surface area contributed by atoms with Gasteiger partial charge in [0.15, 0.2) is 16.5 Å². The third-order valence-corrected chi connectivity index (χ3v) is 6.12. The Balaban J connectivity index is 1.47. The van der Waals surface area contributed by atoms with Crippen LogP contribution in [-0.2, 0) is 6.61 Å². The van der Waals surface area contributed by atoms with Crippen molar-refractivity contribution in [1.29, 1.82) is 0 Å². The number of ether oxygens (including phenoxy) is 2. The summed E-state index contributed by atoms with van der Waals surface area (Å²) in [6.07, 6.45) is 1.85. The lowest BCUT2D eigenvalue weighted by Crippen LogP contribution is -2.22. The van der Waals surface area contributed by atoms with Crippen molar-refractivity contribution in [3.63, 3.8) is 0 Å². The van der Waals surface area contributed by atoms with Crippen LogP contribution in [0.1, 0.15) is 11.1 Å². The predicted molar refractivity (Wildman–Crippen MR) is 124 cm³/mol. The van der Waals surface area contributed by atoms with E-state index in [1.807, 2.05) is 72.8 Å². The van der Waals surface area contributed by atoms with Gasteiger partial charge >= 0.3 is 0 Å². The minimum atomic E-state index is -0.0750. The van der Waals surface area contributed by atoms with Crippen LogP contribution in [0, 0.1) is 0 Å². The minimum absolute atomic E-state index is 0.0750. The van der Waals surface area contributed by atoms with Gasteiger partial charge in [-0.15, -0.1) is 0 Å².